The molecule has 0 unspecified atom stereocenters. The second-order valence-electron chi connectivity index (χ2n) is 2.94. The van der Waals surface area contributed by atoms with Crippen molar-refractivity contribution in [2.24, 2.45) is 0 Å². The van der Waals surface area contributed by atoms with Crippen LogP contribution in [0.1, 0.15) is 0 Å². The van der Waals surface area contributed by atoms with E-state index >= 15 is 0 Å². The Hall–Kier alpha value is -0.940. The van der Waals surface area contributed by atoms with E-state index in [1.807, 2.05) is 0 Å². The highest BCUT2D eigenvalue weighted by Gasteiger charge is 2.12. The fourth-order valence-electron chi connectivity index (χ4n) is 0.918. The van der Waals surface area contributed by atoms with Crippen LogP contribution in [0.3, 0.4) is 0 Å². The van der Waals surface area contributed by atoms with Crippen molar-refractivity contribution in [1.82, 2.24) is 0 Å². The number of sulfonamides is 1. The van der Waals surface area contributed by atoms with Gasteiger partial charge in [-0.2, -0.15) is 0 Å². The predicted molar refractivity (Wildman–Crippen MR) is 59.1 cm³/mol. The molecule has 78 valence electrons. The average Bonchev–Trinajstić information content (AvgIpc) is 2.07. The van der Waals surface area contributed by atoms with E-state index < -0.39 is 10.0 Å². The SMILES string of the molecule is CN(c1ccc(Cl)c(N)c1)S(C)(=O)=O. The molecule has 0 aliphatic carbocycles. The third-order valence-corrected chi connectivity index (χ3v) is 3.39. The number of nitrogen functional groups attached to an aromatic ring is 1. The van der Waals surface area contributed by atoms with Crippen molar-refractivity contribution in [2.45, 2.75) is 0 Å². The first-order valence-electron chi connectivity index (χ1n) is 3.81. The summed E-state index contributed by atoms with van der Waals surface area (Å²) in [7, 11) is -1.79. The molecule has 0 fully saturated rings. The molecule has 0 radical (unpaired) electrons. The third-order valence-electron chi connectivity index (χ3n) is 1.84. The number of rotatable bonds is 2. The number of benzene rings is 1. The Bertz CT molecular complexity index is 445. The van der Waals surface area contributed by atoms with Crippen LogP contribution in [-0.4, -0.2) is 21.7 Å². The molecule has 0 saturated carbocycles. The first kappa shape index (κ1) is 11.1. The Morgan fingerprint density at radius 3 is 2.43 bits per heavy atom. The molecule has 0 bridgehead atoms. The van der Waals surface area contributed by atoms with E-state index in [0.717, 1.165) is 10.6 Å². The second-order valence-corrected chi connectivity index (χ2v) is 5.36. The van der Waals surface area contributed by atoms with Gasteiger partial charge in [-0.3, -0.25) is 4.31 Å². The lowest BCUT2D eigenvalue weighted by molar-refractivity contribution is 0.600. The minimum Gasteiger partial charge on any atom is -0.397 e. The van der Waals surface area contributed by atoms with Crippen molar-refractivity contribution in [3.05, 3.63) is 23.2 Å². The van der Waals surface area contributed by atoms with Crippen LogP contribution in [0.4, 0.5) is 11.4 Å². The Morgan fingerprint density at radius 2 is 2.00 bits per heavy atom. The van der Waals surface area contributed by atoms with Gasteiger partial charge in [-0.1, -0.05) is 11.6 Å². The zero-order valence-corrected chi connectivity index (χ0v) is 9.43. The van der Waals surface area contributed by atoms with Crippen molar-refractivity contribution in [3.8, 4) is 0 Å². The lowest BCUT2D eigenvalue weighted by atomic mass is 10.3. The normalized spacial score (nSPS) is 11.4. The maximum Gasteiger partial charge on any atom is 0.231 e. The number of anilines is 2. The Labute approximate surface area is 88.3 Å². The van der Waals surface area contributed by atoms with Gasteiger partial charge in [-0.05, 0) is 18.2 Å². The molecule has 0 aliphatic rings. The molecule has 6 heteroatoms. The summed E-state index contributed by atoms with van der Waals surface area (Å²) in [6, 6.07) is 4.68. The van der Waals surface area contributed by atoms with Crippen LogP contribution in [-0.2, 0) is 10.0 Å². The van der Waals surface area contributed by atoms with E-state index in [2.05, 4.69) is 0 Å². The molecule has 0 aliphatic heterocycles. The van der Waals surface area contributed by atoms with Crippen LogP contribution in [0.2, 0.25) is 5.02 Å². The van der Waals surface area contributed by atoms with Crippen molar-refractivity contribution >= 4 is 33.0 Å². The molecular formula is C8H11ClN2O2S. The minimum atomic E-state index is -3.25. The fraction of sp³-hybridized carbons (Fsp3) is 0.250. The van der Waals surface area contributed by atoms with E-state index in [1.165, 1.54) is 13.1 Å². The molecule has 0 aromatic heterocycles. The number of hydrogen-bond donors (Lipinski definition) is 1. The van der Waals surface area contributed by atoms with Crippen LogP contribution in [0.5, 0.6) is 0 Å². The van der Waals surface area contributed by atoms with Crippen molar-refractivity contribution in [1.29, 1.82) is 0 Å². The first-order chi connectivity index (χ1) is 6.32. The molecule has 0 saturated heterocycles. The van der Waals surface area contributed by atoms with Gasteiger partial charge in [-0.15, -0.1) is 0 Å². The van der Waals surface area contributed by atoms with Crippen LogP contribution >= 0.6 is 11.6 Å². The largest absolute Gasteiger partial charge is 0.397 e. The van der Waals surface area contributed by atoms with E-state index in [1.54, 1.807) is 12.1 Å². The van der Waals surface area contributed by atoms with Crippen molar-refractivity contribution in [2.75, 3.05) is 23.3 Å². The van der Waals surface area contributed by atoms with Crippen LogP contribution in [0, 0.1) is 0 Å². The molecular weight excluding hydrogens is 224 g/mol. The third kappa shape index (κ3) is 2.30. The van der Waals surface area contributed by atoms with E-state index in [0.29, 0.717) is 16.4 Å². The lowest BCUT2D eigenvalue weighted by Gasteiger charge is -2.17. The Balaban J connectivity index is 3.16. The monoisotopic (exact) mass is 234 g/mol. The summed E-state index contributed by atoms with van der Waals surface area (Å²) < 4.78 is 23.5. The van der Waals surface area contributed by atoms with Gasteiger partial charge in [0.05, 0.1) is 22.7 Å². The second kappa shape index (κ2) is 3.67. The van der Waals surface area contributed by atoms with E-state index in [9.17, 15) is 8.42 Å². The molecule has 0 heterocycles. The highest BCUT2D eigenvalue weighted by atomic mass is 35.5. The summed E-state index contributed by atoms with van der Waals surface area (Å²) in [4.78, 5) is 0. The summed E-state index contributed by atoms with van der Waals surface area (Å²) in [5.41, 5.74) is 6.40. The predicted octanol–water partition coefficient (Wildman–Crippen LogP) is 1.32. The number of nitrogens with zero attached hydrogens (tertiary/aromatic N) is 1. The molecule has 1 aromatic carbocycles. The van der Waals surface area contributed by atoms with Gasteiger partial charge in [-0.25, -0.2) is 8.42 Å². The lowest BCUT2D eigenvalue weighted by Crippen LogP contribution is -2.24. The number of halogens is 1. The first-order valence-corrected chi connectivity index (χ1v) is 6.04. The maximum atomic E-state index is 11.2. The Kier molecular flexibility index (Phi) is 2.92. The van der Waals surface area contributed by atoms with Crippen LogP contribution < -0.4 is 10.0 Å². The zero-order chi connectivity index (χ0) is 10.9. The summed E-state index contributed by atoms with van der Waals surface area (Å²) in [6.07, 6.45) is 1.12. The van der Waals surface area contributed by atoms with Gasteiger partial charge >= 0.3 is 0 Å². The van der Waals surface area contributed by atoms with Crippen LogP contribution in [0.25, 0.3) is 0 Å². The van der Waals surface area contributed by atoms with Crippen molar-refractivity contribution in [3.63, 3.8) is 0 Å². The molecule has 1 rings (SSSR count). The van der Waals surface area contributed by atoms with Gasteiger partial charge < -0.3 is 5.73 Å². The highest BCUT2D eigenvalue weighted by molar-refractivity contribution is 7.92. The smallest absolute Gasteiger partial charge is 0.231 e. The summed E-state index contributed by atoms with van der Waals surface area (Å²) >= 11 is 5.71. The fourth-order valence-corrected chi connectivity index (χ4v) is 1.53. The van der Waals surface area contributed by atoms with E-state index in [4.69, 9.17) is 17.3 Å². The average molecular weight is 235 g/mol. The van der Waals surface area contributed by atoms with Crippen molar-refractivity contribution < 1.29 is 8.42 Å². The standard InChI is InChI=1S/C8H11ClN2O2S/c1-11(14(2,12)13)6-3-4-7(9)8(10)5-6/h3-5H,10H2,1-2H3. The molecule has 14 heavy (non-hydrogen) atoms. The van der Waals surface area contributed by atoms with Gasteiger partial charge in [0, 0.05) is 7.05 Å². The van der Waals surface area contributed by atoms with Gasteiger partial charge in [0.15, 0.2) is 0 Å². The molecule has 0 atom stereocenters. The van der Waals surface area contributed by atoms with Gasteiger partial charge in [0.2, 0.25) is 10.0 Å². The molecule has 0 spiro atoms. The summed E-state index contributed by atoms with van der Waals surface area (Å²) in [5.74, 6) is 0. The Morgan fingerprint density at radius 1 is 1.43 bits per heavy atom. The molecule has 0 amide bonds. The molecule has 2 N–H and O–H groups in total. The van der Waals surface area contributed by atoms with Gasteiger partial charge in [0.1, 0.15) is 0 Å². The van der Waals surface area contributed by atoms with E-state index in [-0.39, 0.29) is 0 Å². The zero-order valence-electron chi connectivity index (χ0n) is 7.86. The number of nitrogens with two attached hydrogens (primary N) is 1. The maximum absolute atomic E-state index is 11.2. The van der Waals surface area contributed by atoms with Crippen LogP contribution in [0.15, 0.2) is 18.2 Å². The quantitative estimate of drug-likeness (QED) is 0.785. The topological polar surface area (TPSA) is 63.4 Å². The minimum absolute atomic E-state index is 0.361. The molecule has 1 aromatic rings. The summed E-state index contributed by atoms with van der Waals surface area (Å²) in [6.45, 7) is 0. The molecule has 4 nitrogen and oxygen atoms in total. The van der Waals surface area contributed by atoms with Gasteiger partial charge in [0.25, 0.3) is 0 Å². The number of hydrogen-bond acceptors (Lipinski definition) is 3. The summed E-state index contributed by atoms with van der Waals surface area (Å²) in [5, 5.41) is 0.413. The highest BCUT2D eigenvalue weighted by Crippen LogP contribution is 2.25.